The molecule has 0 aliphatic carbocycles. The summed E-state index contributed by atoms with van der Waals surface area (Å²) in [5, 5.41) is 5.23. The summed E-state index contributed by atoms with van der Waals surface area (Å²) < 4.78 is 25.7. The number of hydrogen-bond donors (Lipinski definition) is 2. The molecule has 0 aromatic heterocycles. The van der Waals surface area contributed by atoms with Crippen molar-refractivity contribution in [3.63, 3.8) is 0 Å². The highest BCUT2D eigenvalue weighted by Gasteiger charge is 2.36. The van der Waals surface area contributed by atoms with Gasteiger partial charge in [0.1, 0.15) is 12.0 Å². The number of carbonyl (C=O) groups excluding carboxylic acids is 1. The first-order valence-corrected chi connectivity index (χ1v) is 4.69. The third-order valence-corrected chi connectivity index (χ3v) is 2.72. The van der Waals surface area contributed by atoms with Gasteiger partial charge in [-0.2, -0.15) is 0 Å². The Balaban J connectivity index is 2.03. The van der Waals surface area contributed by atoms with Crippen LogP contribution in [0.4, 0.5) is 8.78 Å². The molecule has 3 atom stereocenters. The van der Waals surface area contributed by atoms with E-state index in [1.807, 2.05) is 0 Å². The first-order chi connectivity index (χ1) is 6.66. The number of alkyl halides is 1. The van der Waals surface area contributed by atoms with E-state index < -0.39 is 12.1 Å². The highest BCUT2D eigenvalue weighted by Crippen LogP contribution is 2.26. The molecule has 2 heterocycles. The van der Waals surface area contributed by atoms with E-state index in [1.54, 1.807) is 0 Å². The summed E-state index contributed by atoms with van der Waals surface area (Å²) in [7, 11) is 0. The molecule has 0 aromatic carbocycles. The second kappa shape index (κ2) is 3.65. The zero-order valence-corrected chi connectivity index (χ0v) is 7.59. The third kappa shape index (κ3) is 1.77. The number of nitrogens with one attached hydrogen (secondary N) is 2. The quantitative estimate of drug-likeness (QED) is 0.655. The molecule has 3 nitrogen and oxygen atoms in total. The van der Waals surface area contributed by atoms with Gasteiger partial charge in [-0.05, 0) is 6.42 Å². The smallest absolute Gasteiger partial charge is 0.229 e. The molecule has 1 unspecified atom stereocenters. The fourth-order valence-corrected chi connectivity index (χ4v) is 1.97. The molecular formula is C9H12F2N2O. The minimum Gasteiger partial charge on any atom is -0.330 e. The van der Waals surface area contributed by atoms with Crippen molar-refractivity contribution in [1.82, 2.24) is 10.6 Å². The fourth-order valence-electron chi connectivity index (χ4n) is 1.97. The van der Waals surface area contributed by atoms with Gasteiger partial charge in [-0.3, -0.25) is 4.79 Å². The van der Waals surface area contributed by atoms with E-state index in [-0.39, 0.29) is 30.7 Å². The Morgan fingerprint density at radius 3 is 2.93 bits per heavy atom. The maximum atomic E-state index is 12.9. The van der Waals surface area contributed by atoms with Crippen molar-refractivity contribution < 1.29 is 13.6 Å². The van der Waals surface area contributed by atoms with E-state index in [2.05, 4.69) is 10.6 Å². The van der Waals surface area contributed by atoms with Crippen LogP contribution in [-0.4, -0.2) is 24.7 Å². The Morgan fingerprint density at radius 2 is 2.29 bits per heavy atom. The van der Waals surface area contributed by atoms with Gasteiger partial charge in [0, 0.05) is 25.2 Å². The van der Waals surface area contributed by atoms with E-state index in [4.69, 9.17) is 0 Å². The van der Waals surface area contributed by atoms with E-state index >= 15 is 0 Å². The number of allylic oxidation sites excluding steroid dienone is 1. The molecule has 2 aliphatic heterocycles. The van der Waals surface area contributed by atoms with Gasteiger partial charge < -0.3 is 10.6 Å². The lowest BCUT2D eigenvalue weighted by atomic mass is 9.91. The zero-order valence-electron chi connectivity index (χ0n) is 7.59. The van der Waals surface area contributed by atoms with Crippen molar-refractivity contribution in [2.24, 2.45) is 5.92 Å². The molecular weight excluding hydrogens is 190 g/mol. The van der Waals surface area contributed by atoms with Crippen molar-refractivity contribution >= 4 is 5.91 Å². The average molecular weight is 202 g/mol. The van der Waals surface area contributed by atoms with Crippen molar-refractivity contribution in [3.05, 3.63) is 12.0 Å². The standard InChI is InChI=1S/C9H12F2N2O/c10-5-1-7(9(14)13-4-5)8-2-6(11)3-12-8/h4,6-8,12H,1-3H2,(H,13,14)/t6-,7?,8+/m0/s1. The predicted octanol–water partition coefficient (Wildman–Crippen LogP) is 0.633. The summed E-state index contributed by atoms with van der Waals surface area (Å²) in [5.41, 5.74) is 0. The third-order valence-electron chi connectivity index (χ3n) is 2.72. The Hall–Kier alpha value is -0.970. The number of carbonyl (C=O) groups is 1. The van der Waals surface area contributed by atoms with Gasteiger partial charge in [0.05, 0.1) is 5.92 Å². The van der Waals surface area contributed by atoms with Gasteiger partial charge in [0.2, 0.25) is 5.91 Å². The van der Waals surface area contributed by atoms with Crippen LogP contribution in [0, 0.1) is 5.92 Å². The van der Waals surface area contributed by atoms with Crippen molar-refractivity contribution in [2.45, 2.75) is 25.1 Å². The molecule has 1 saturated heterocycles. The highest BCUT2D eigenvalue weighted by atomic mass is 19.1. The van der Waals surface area contributed by atoms with Crippen LogP contribution in [-0.2, 0) is 4.79 Å². The first-order valence-electron chi connectivity index (χ1n) is 4.69. The topological polar surface area (TPSA) is 41.1 Å². The molecule has 0 spiro atoms. The number of rotatable bonds is 1. The SMILES string of the molecule is O=C1NC=C(F)CC1[C@H]1C[C@H](F)CN1. The van der Waals surface area contributed by atoms with Gasteiger partial charge in [0.25, 0.3) is 0 Å². The van der Waals surface area contributed by atoms with Crippen molar-refractivity contribution in [2.75, 3.05) is 6.54 Å². The molecule has 1 amide bonds. The molecule has 2 aliphatic rings. The second-order valence-corrected chi connectivity index (χ2v) is 3.76. The van der Waals surface area contributed by atoms with Crippen LogP contribution >= 0.6 is 0 Å². The maximum Gasteiger partial charge on any atom is 0.229 e. The fraction of sp³-hybridized carbons (Fsp3) is 0.667. The normalized spacial score (nSPS) is 38.0. The molecule has 0 radical (unpaired) electrons. The molecule has 2 N–H and O–H groups in total. The van der Waals surface area contributed by atoms with Crippen LogP contribution in [0.3, 0.4) is 0 Å². The van der Waals surface area contributed by atoms with Crippen molar-refractivity contribution in [3.8, 4) is 0 Å². The van der Waals surface area contributed by atoms with Crippen LogP contribution in [0.1, 0.15) is 12.8 Å². The van der Waals surface area contributed by atoms with E-state index in [0.717, 1.165) is 6.20 Å². The Bertz CT molecular complexity index is 280. The summed E-state index contributed by atoms with van der Waals surface area (Å²) in [6, 6.07) is -0.232. The van der Waals surface area contributed by atoms with E-state index in [1.165, 1.54) is 0 Å². The lowest BCUT2D eigenvalue weighted by Crippen LogP contribution is -2.42. The summed E-state index contributed by atoms with van der Waals surface area (Å²) in [4.78, 5) is 11.3. The molecule has 0 bridgehead atoms. The van der Waals surface area contributed by atoms with Crippen LogP contribution in [0.15, 0.2) is 12.0 Å². The summed E-state index contributed by atoms with van der Waals surface area (Å²) in [6.07, 6.45) is 0.532. The van der Waals surface area contributed by atoms with E-state index in [9.17, 15) is 13.6 Å². The molecule has 0 saturated carbocycles. The number of amides is 1. The average Bonchev–Trinajstić information content (AvgIpc) is 2.56. The summed E-state index contributed by atoms with van der Waals surface area (Å²) in [5.74, 6) is -1.04. The van der Waals surface area contributed by atoms with E-state index in [0.29, 0.717) is 6.42 Å². The predicted molar refractivity (Wildman–Crippen MR) is 46.7 cm³/mol. The minimum absolute atomic E-state index is 0.0796. The number of halogens is 2. The van der Waals surface area contributed by atoms with Gasteiger partial charge >= 0.3 is 0 Å². The van der Waals surface area contributed by atoms with Crippen LogP contribution in [0.25, 0.3) is 0 Å². The van der Waals surface area contributed by atoms with Gasteiger partial charge in [-0.25, -0.2) is 8.78 Å². The van der Waals surface area contributed by atoms with Gasteiger partial charge in [-0.1, -0.05) is 0 Å². The monoisotopic (exact) mass is 202 g/mol. The summed E-state index contributed by atoms with van der Waals surface area (Å²) in [6.45, 7) is 0.264. The van der Waals surface area contributed by atoms with Gasteiger partial charge in [-0.15, -0.1) is 0 Å². The Kier molecular flexibility index (Phi) is 2.50. The Morgan fingerprint density at radius 1 is 1.50 bits per heavy atom. The van der Waals surface area contributed by atoms with Gasteiger partial charge in [0.15, 0.2) is 0 Å². The van der Waals surface area contributed by atoms with Crippen molar-refractivity contribution in [1.29, 1.82) is 0 Å². The highest BCUT2D eigenvalue weighted by molar-refractivity contribution is 5.81. The molecule has 5 heteroatoms. The maximum absolute atomic E-state index is 12.9. The molecule has 0 aromatic rings. The molecule has 1 fully saturated rings. The molecule has 78 valence electrons. The first kappa shape index (κ1) is 9.58. The minimum atomic E-state index is -0.915. The lowest BCUT2D eigenvalue weighted by Gasteiger charge is -2.24. The van der Waals surface area contributed by atoms with Crippen LogP contribution in [0.2, 0.25) is 0 Å². The number of hydrogen-bond acceptors (Lipinski definition) is 2. The second-order valence-electron chi connectivity index (χ2n) is 3.76. The van der Waals surface area contributed by atoms with Crippen LogP contribution < -0.4 is 10.6 Å². The summed E-state index contributed by atoms with van der Waals surface area (Å²) >= 11 is 0. The molecule has 2 rings (SSSR count). The Labute approximate surface area is 80.5 Å². The molecule has 14 heavy (non-hydrogen) atoms. The zero-order chi connectivity index (χ0) is 10.1. The largest absolute Gasteiger partial charge is 0.330 e. The van der Waals surface area contributed by atoms with Crippen LogP contribution in [0.5, 0.6) is 0 Å². The lowest BCUT2D eigenvalue weighted by molar-refractivity contribution is -0.125.